The number of nitrogens with zero attached hydrogens (tertiary/aromatic N) is 4. The fourth-order valence-electron chi connectivity index (χ4n) is 3.38. The Morgan fingerprint density at radius 2 is 2.03 bits per heavy atom. The maximum atomic E-state index is 14.0. The van der Waals surface area contributed by atoms with Crippen LogP contribution in [0.3, 0.4) is 0 Å². The molecule has 0 unspecified atom stereocenters. The number of hydrazine groups is 2. The molecule has 4 aromatic rings. The first-order valence-corrected chi connectivity index (χ1v) is 8.98. The number of aromatic amines is 1. The van der Waals surface area contributed by atoms with Gasteiger partial charge in [-0.1, -0.05) is 12.1 Å². The normalized spacial score (nSPS) is 13.8. The molecule has 1 aromatic carbocycles. The van der Waals surface area contributed by atoms with Crippen molar-refractivity contribution in [1.82, 2.24) is 35.7 Å². The van der Waals surface area contributed by atoms with Crippen LogP contribution < -0.4 is 11.0 Å². The number of halogens is 2. The first kappa shape index (κ1) is 17.4. The van der Waals surface area contributed by atoms with Gasteiger partial charge in [-0.3, -0.25) is 9.69 Å². The standard InChI is InChI=1S/C20H17F2N7/c1-28-9-14(7-25-28)13-5-15-16(8-24-20(15)23-6-13)18-11-29(27-26-18)10-12-3-2-4-17(21)19(12)22/h2-9,11,26-27H,10H2,1H3,(H,23,24). The smallest absolute Gasteiger partial charge is 0.163 e. The summed E-state index contributed by atoms with van der Waals surface area (Å²) in [5, 5.41) is 6.80. The van der Waals surface area contributed by atoms with Crippen molar-refractivity contribution < 1.29 is 8.78 Å². The van der Waals surface area contributed by atoms with Crippen LogP contribution in [0.2, 0.25) is 0 Å². The zero-order valence-electron chi connectivity index (χ0n) is 15.4. The van der Waals surface area contributed by atoms with Gasteiger partial charge in [0, 0.05) is 59.5 Å². The molecule has 3 N–H and O–H groups in total. The molecule has 3 aromatic heterocycles. The van der Waals surface area contributed by atoms with E-state index in [4.69, 9.17) is 0 Å². The molecule has 7 nitrogen and oxygen atoms in total. The lowest BCUT2D eigenvalue weighted by Crippen LogP contribution is -2.35. The molecule has 0 aliphatic carbocycles. The molecule has 9 heteroatoms. The van der Waals surface area contributed by atoms with E-state index in [1.54, 1.807) is 28.2 Å². The summed E-state index contributed by atoms with van der Waals surface area (Å²) in [6.45, 7) is 0.168. The predicted molar refractivity (Wildman–Crippen MR) is 104 cm³/mol. The molecule has 4 heterocycles. The van der Waals surface area contributed by atoms with Crippen molar-refractivity contribution in [3.8, 4) is 11.1 Å². The maximum absolute atomic E-state index is 14.0. The second kappa shape index (κ2) is 6.71. The van der Waals surface area contributed by atoms with E-state index < -0.39 is 11.6 Å². The number of H-pyrrole nitrogens is 1. The lowest BCUT2D eigenvalue weighted by Gasteiger charge is -2.15. The Hall–Kier alpha value is -3.72. The Kier molecular flexibility index (Phi) is 4.02. The quantitative estimate of drug-likeness (QED) is 0.497. The molecule has 0 saturated heterocycles. The molecule has 0 fully saturated rings. The van der Waals surface area contributed by atoms with E-state index in [-0.39, 0.29) is 12.1 Å². The van der Waals surface area contributed by atoms with Gasteiger partial charge in [-0.15, -0.1) is 5.53 Å². The topological polar surface area (TPSA) is 73.8 Å². The van der Waals surface area contributed by atoms with Crippen LogP contribution in [0.1, 0.15) is 11.1 Å². The Balaban J connectivity index is 1.46. The van der Waals surface area contributed by atoms with Crippen LogP contribution in [-0.2, 0) is 13.6 Å². The average Bonchev–Trinajstić information content (AvgIpc) is 3.44. The molecule has 0 spiro atoms. The third-order valence-corrected chi connectivity index (χ3v) is 4.85. The number of pyridine rings is 1. The summed E-state index contributed by atoms with van der Waals surface area (Å²) in [6, 6.07) is 6.20. The van der Waals surface area contributed by atoms with Crippen molar-refractivity contribution in [2.45, 2.75) is 6.54 Å². The van der Waals surface area contributed by atoms with Crippen LogP contribution in [0.15, 0.2) is 55.3 Å². The molecule has 0 amide bonds. The summed E-state index contributed by atoms with van der Waals surface area (Å²) in [6.07, 6.45) is 9.19. The predicted octanol–water partition coefficient (Wildman–Crippen LogP) is 3.07. The van der Waals surface area contributed by atoms with Gasteiger partial charge in [-0.05, 0) is 12.1 Å². The van der Waals surface area contributed by atoms with E-state index in [0.717, 1.165) is 39.5 Å². The Morgan fingerprint density at radius 3 is 2.86 bits per heavy atom. The fraction of sp³-hybridized carbons (Fsp3) is 0.100. The molecule has 146 valence electrons. The molecule has 0 atom stereocenters. The molecule has 5 rings (SSSR count). The van der Waals surface area contributed by atoms with Crippen LogP contribution in [0, 0.1) is 11.6 Å². The minimum Gasteiger partial charge on any atom is -0.345 e. The van der Waals surface area contributed by atoms with Gasteiger partial charge < -0.3 is 10.4 Å². The van der Waals surface area contributed by atoms with Crippen molar-refractivity contribution >= 4 is 16.7 Å². The highest BCUT2D eigenvalue weighted by molar-refractivity contribution is 5.92. The number of aryl methyl sites for hydroxylation is 1. The van der Waals surface area contributed by atoms with E-state index in [2.05, 4.69) is 26.0 Å². The fourth-order valence-corrected chi connectivity index (χ4v) is 3.38. The van der Waals surface area contributed by atoms with Crippen LogP contribution in [0.4, 0.5) is 8.78 Å². The zero-order valence-corrected chi connectivity index (χ0v) is 15.4. The lowest BCUT2D eigenvalue weighted by molar-refractivity contribution is 0.260. The van der Waals surface area contributed by atoms with Crippen LogP contribution in [0.25, 0.3) is 27.9 Å². The highest BCUT2D eigenvalue weighted by Gasteiger charge is 2.19. The van der Waals surface area contributed by atoms with E-state index in [1.807, 2.05) is 31.7 Å². The van der Waals surface area contributed by atoms with E-state index in [1.165, 1.54) is 6.07 Å². The minimum atomic E-state index is -0.857. The number of benzene rings is 1. The van der Waals surface area contributed by atoms with Crippen LogP contribution >= 0.6 is 0 Å². The zero-order chi connectivity index (χ0) is 20.0. The Labute approximate surface area is 164 Å². The first-order chi connectivity index (χ1) is 14.1. The molecule has 1 aliphatic heterocycles. The summed E-state index contributed by atoms with van der Waals surface area (Å²) in [4.78, 5) is 7.66. The molecule has 0 radical (unpaired) electrons. The highest BCUT2D eigenvalue weighted by atomic mass is 19.2. The van der Waals surface area contributed by atoms with Gasteiger partial charge in [0.25, 0.3) is 0 Å². The molecule has 0 bridgehead atoms. The number of aromatic nitrogens is 4. The van der Waals surface area contributed by atoms with Crippen LogP contribution in [-0.4, -0.2) is 24.8 Å². The van der Waals surface area contributed by atoms with Gasteiger partial charge in [-0.2, -0.15) is 5.10 Å². The van der Waals surface area contributed by atoms with Crippen molar-refractivity contribution in [3.63, 3.8) is 0 Å². The van der Waals surface area contributed by atoms with Gasteiger partial charge in [0.05, 0.1) is 18.4 Å². The molecular weight excluding hydrogens is 376 g/mol. The Bertz CT molecular complexity index is 1240. The van der Waals surface area contributed by atoms with E-state index >= 15 is 0 Å². The molecule has 0 saturated carbocycles. The van der Waals surface area contributed by atoms with Crippen molar-refractivity contribution in [2.24, 2.45) is 7.05 Å². The van der Waals surface area contributed by atoms with Gasteiger partial charge in [-0.25, -0.2) is 13.8 Å². The molecular formula is C20H17F2N7. The SMILES string of the molecule is Cn1cc(-c2cnc3[nH]cc(C4=CN(Cc5cccc(F)c5F)NN4)c3c2)cn1. The number of hydrogen-bond acceptors (Lipinski definition) is 5. The number of rotatable bonds is 4. The van der Waals surface area contributed by atoms with Gasteiger partial charge in [0.2, 0.25) is 0 Å². The highest BCUT2D eigenvalue weighted by Crippen LogP contribution is 2.28. The maximum Gasteiger partial charge on any atom is 0.163 e. The average molecular weight is 393 g/mol. The van der Waals surface area contributed by atoms with Crippen molar-refractivity contribution in [1.29, 1.82) is 0 Å². The number of fused-ring (bicyclic) bond motifs is 1. The van der Waals surface area contributed by atoms with Crippen molar-refractivity contribution in [3.05, 3.63) is 78.0 Å². The third-order valence-electron chi connectivity index (χ3n) is 4.85. The first-order valence-electron chi connectivity index (χ1n) is 8.98. The van der Waals surface area contributed by atoms with Crippen molar-refractivity contribution in [2.75, 3.05) is 0 Å². The number of hydrogen-bond donors (Lipinski definition) is 3. The third kappa shape index (κ3) is 3.11. The largest absolute Gasteiger partial charge is 0.345 e. The second-order valence-electron chi connectivity index (χ2n) is 6.85. The summed E-state index contributed by atoms with van der Waals surface area (Å²) in [5.74, 6) is -1.70. The molecule has 29 heavy (non-hydrogen) atoms. The summed E-state index contributed by atoms with van der Waals surface area (Å²) < 4.78 is 29.1. The molecule has 1 aliphatic rings. The van der Waals surface area contributed by atoms with Crippen LogP contribution in [0.5, 0.6) is 0 Å². The Morgan fingerprint density at radius 1 is 1.14 bits per heavy atom. The lowest BCUT2D eigenvalue weighted by atomic mass is 10.1. The van der Waals surface area contributed by atoms with Gasteiger partial charge >= 0.3 is 0 Å². The second-order valence-corrected chi connectivity index (χ2v) is 6.85. The van der Waals surface area contributed by atoms with E-state index in [0.29, 0.717) is 0 Å². The van der Waals surface area contributed by atoms with Gasteiger partial charge in [0.15, 0.2) is 11.6 Å². The summed E-state index contributed by atoms with van der Waals surface area (Å²) in [7, 11) is 1.87. The van der Waals surface area contributed by atoms with Gasteiger partial charge in [0.1, 0.15) is 5.65 Å². The summed E-state index contributed by atoms with van der Waals surface area (Å²) >= 11 is 0. The minimum absolute atomic E-state index is 0.168. The number of nitrogens with one attached hydrogen (secondary N) is 3. The summed E-state index contributed by atoms with van der Waals surface area (Å²) in [5.41, 5.74) is 10.7. The monoisotopic (exact) mass is 393 g/mol. The van der Waals surface area contributed by atoms with E-state index in [9.17, 15) is 8.78 Å².